The summed E-state index contributed by atoms with van der Waals surface area (Å²) in [5.41, 5.74) is 0. The van der Waals surface area contributed by atoms with Crippen LogP contribution in [0.1, 0.15) is 32.1 Å². The monoisotopic (exact) mass is 154 g/mol. The number of carbonyl (C=O) groups is 1. The Morgan fingerprint density at radius 1 is 1.27 bits per heavy atom. The summed E-state index contributed by atoms with van der Waals surface area (Å²) in [7, 11) is 0. The summed E-state index contributed by atoms with van der Waals surface area (Å²) in [6.07, 6.45) is 4.71. The predicted octanol–water partition coefficient (Wildman–Crippen LogP) is 1.13. The molecule has 0 amide bonds. The summed E-state index contributed by atoms with van der Waals surface area (Å²) < 4.78 is 0. The van der Waals surface area contributed by atoms with Crippen LogP contribution in [0, 0.1) is 11.8 Å². The zero-order chi connectivity index (χ0) is 7.84. The Kier molecular flexibility index (Phi) is 1.72. The maximum Gasteiger partial charge on any atom is 0.161 e. The predicted molar refractivity (Wildman–Crippen MR) is 41.1 cm³/mol. The van der Waals surface area contributed by atoms with Crippen molar-refractivity contribution < 1.29 is 9.90 Å². The summed E-state index contributed by atoms with van der Waals surface area (Å²) >= 11 is 0. The molecule has 2 nitrogen and oxygen atoms in total. The van der Waals surface area contributed by atoms with E-state index >= 15 is 0 Å². The van der Waals surface area contributed by atoms with Gasteiger partial charge >= 0.3 is 0 Å². The zero-order valence-corrected chi connectivity index (χ0v) is 6.62. The summed E-state index contributed by atoms with van der Waals surface area (Å²) in [6, 6.07) is 0. The van der Waals surface area contributed by atoms with Crippen molar-refractivity contribution in [2.75, 3.05) is 0 Å². The first-order valence-corrected chi connectivity index (χ1v) is 4.50. The maximum absolute atomic E-state index is 11.1. The molecule has 0 aromatic heterocycles. The number of hydrogen-bond donors (Lipinski definition) is 1. The normalized spacial score (nSPS) is 44.1. The SMILES string of the molecule is O=C1CC2CCCCC2C1O. The molecule has 1 N–H and O–H groups in total. The number of aliphatic hydroxyl groups is 1. The average molecular weight is 154 g/mol. The minimum atomic E-state index is -0.611. The lowest BCUT2D eigenvalue weighted by Crippen LogP contribution is -2.25. The zero-order valence-electron chi connectivity index (χ0n) is 6.62. The van der Waals surface area contributed by atoms with E-state index in [1.807, 2.05) is 0 Å². The fourth-order valence-corrected chi connectivity index (χ4v) is 2.52. The fraction of sp³-hybridized carbons (Fsp3) is 0.889. The summed E-state index contributed by atoms with van der Waals surface area (Å²) in [4.78, 5) is 11.1. The van der Waals surface area contributed by atoms with E-state index in [1.54, 1.807) is 0 Å². The molecule has 0 heterocycles. The lowest BCUT2D eigenvalue weighted by Gasteiger charge is -2.25. The average Bonchev–Trinajstić information content (AvgIpc) is 2.30. The highest BCUT2D eigenvalue weighted by molar-refractivity contribution is 5.85. The molecule has 2 saturated carbocycles. The van der Waals surface area contributed by atoms with Gasteiger partial charge in [0.25, 0.3) is 0 Å². The molecule has 0 saturated heterocycles. The van der Waals surface area contributed by atoms with E-state index in [0.29, 0.717) is 18.3 Å². The van der Waals surface area contributed by atoms with E-state index in [2.05, 4.69) is 0 Å². The number of fused-ring (bicyclic) bond motifs is 1. The lowest BCUT2D eigenvalue weighted by atomic mass is 9.81. The van der Waals surface area contributed by atoms with Crippen LogP contribution in [0.5, 0.6) is 0 Å². The topological polar surface area (TPSA) is 37.3 Å². The Morgan fingerprint density at radius 3 is 2.73 bits per heavy atom. The molecule has 2 heteroatoms. The smallest absolute Gasteiger partial charge is 0.161 e. The van der Waals surface area contributed by atoms with Gasteiger partial charge in [-0.05, 0) is 24.7 Å². The van der Waals surface area contributed by atoms with Crippen molar-refractivity contribution in [2.24, 2.45) is 11.8 Å². The molecule has 3 atom stereocenters. The van der Waals surface area contributed by atoms with Crippen LogP contribution in [0.2, 0.25) is 0 Å². The van der Waals surface area contributed by atoms with Crippen molar-refractivity contribution in [3.63, 3.8) is 0 Å². The van der Waals surface area contributed by atoms with Gasteiger partial charge in [-0.15, -0.1) is 0 Å². The first-order chi connectivity index (χ1) is 5.29. The molecule has 0 aromatic carbocycles. The maximum atomic E-state index is 11.1. The van der Waals surface area contributed by atoms with E-state index in [0.717, 1.165) is 12.8 Å². The van der Waals surface area contributed by atoms with Gasteiger partial charge < -0.3 is 5.11 Å². The second-order valence-electron chi connectivity index (χ2n) is 3.82. The standard InChI is InChI=1S/C9H14O2/c10-8-5-6-3-1-2-4-7(6)9(8)11/h6-7,9,11H,1-5H2. The van der Waals surface area contributed by atoms with E-state index in [4.69, 9.17) is 0 Å². The van der Waals surface area contributed by atoms with Gasteiger partial charge in [0, 0.05) is 6.42 Å². The van der Waals surface area contributed by atoms with Crippen LogP contribution >= 0.6 is 0 Å². The van der Waals surface area contributed by atoms with Crippen LogP contribution in [0.4, 0.5) is 0 Å². The number of aliphatic hydroxyl groups excluding tert-OH is 1. The Labute approximate surface area is 66.6 Å². The van der Waals surface area contributed by atoms with Gasteiger partial charge in [-0.2, -0.15) is 0 Å². The number of carbonyl (C=O) groups excluding carboxylic acids is 1. The van der Waals surface area contributed by atoms with Gasteiger partial charge in [-0.3, -0.25) is 4.79 Å². The molecule has 2 aliphatic carbocycles. The molecule has 2 rings (SSSR count). The second kappa shape index (κ2) is 2.59. The Hall–Kier alpha value is -0.370. The van der Waals surface area contributed by atoms with Gasteiger partial charge in [0.05, 0.1) is 0 Å². The fourth-order valence-electron chi connectivity index (χ4n) is 2.52. The van der Waals surface area contributed by atoms with E-state index in [1.165, 1.54) is 12.8 Å². The molecule has 11 heavy (non-hydrogen) atoms. The van der Waals surface area contributed by atoms with Gasteiger partial charge in [0.2, 0.25) is 0 Å². The summed E-state index contributed by atoms with van der Waals surface area (Å²) in [5.74, 6) is 0.921. The summed E-state index contributed by atoms with van der Waals surface area (Å²) in [6.45, 7) is 0. The first kappa shape index (κ1) is 7.29. The third kappa shape index (κ3) is 1.09. The van der Waals surface area contributed by atoms with Crippen LogP contribution in [-0.4, -0.2) is 17.0 Å². The number of rotatable bonds is 0. The third-order valence-corrected chi connectivity index (χ3v) is 3.17. The van der Waals surface area contributed by atoms with Gasteiger partial charge in [0.15, 0.2) is 5.78 Å². The molecule has 2 aliphatic rings. The van der Waals surface area contributed by atoms with Crippen LogP contribution in [-0.2, 0) is 4.79 Å². The molecule has 3 unspecified atom stereocenters. The lowest BCUT2D eigenvalue weighted by molar-refractivity contribution is -0.125. The molecule has 0 aliphatic heterocycles. The molecule has 62 valence electrons. The Balaban J connectivity index is 2.11. The highest BCUT2D eigenvalue weighted by Gasteiger charge is 2.41. The molecular weight excluding hydrogens is 140 g/mol. The number of ketones is 1. The minimum Gasteiger partial charge on any atom is -0.385 e. The minimum absolute atomic E-state index is 0.0851. The molecule has 0 aromatic rings. The van der Waals surface area contributed by atoms with Crippen molar-refractivity contribution in [3.8, 4) is 0 Å². The van der Waals surface area contributed by atoms with Gasteiger partial charge in [-0.1, -0.05) is 12.8 Å². The van der Waals surface area contributed by atoms with Gasteiger partial charge in [0.1, 0.15) is 6.10 Å². The van der Waals surface area contributed by atoms with Crippen LogP contribution < -0.4 is 0 Å². The van der Waals surface area contributed by atoms with Crippen LogP contribution in [0.15, 0.2) is 0 Å². The largest absolute Gasteiger partial charge is 0.385 e. The van der Waals surface area contributed by atoms with E-state index < -0.39 is 6.10 Å². The third-order valence-electron chi connectivity index (χ3n) is 3.17. The van der Waals surface area contributed by atoms with Crippen molar-refractivity contribution in [1.29, 1.82) is 0 Å². The van der Waals surface area contributed by atoms with Crippen molar-refractivity contribution in [1.82, 2.24) is 0 Å². The Bertz CT molecular complexity index is 176. The quantitative estimate of drug-likeness (QED) is 0.568. The van der Waals surface area contributed by atoms with Crippen LogP contribution in [0.3, 0.4) is 0 Å². The van der Waals surface area contributed by atoms with Crippen molar-refractivity contribution in [3.05, 3.63) is 0 Å². The van der Waals surface area contributed by atoms with E-state index in [9.17, 15) is 9.90 Å². The number of hydrogen-bond acceptors (Lipinski definition) is 2. The van der Waals surface area contributed by atoms with E-state index in [-0.39, 0.29) is 5.78 Å². The van der Waals surface area contributed by atoms with Crippen molar-refractivity contribution in [2.45, 2.75) is 38.2 Å². The molecule has 0 spiro atoms. The molecule has 0 radical (unpaired) electrons. The number of Topliss-reactive ketones (excluding diaryl/α,β-unsaturated/α-hetero) is 1. The Morgan fingerprint density at radius 2 is 2.00 bits per heavy atom. The van der Waals surface area contributed by atoms with Gasteiger partial charge in [-0.25, -0.2) is 0 Å². The van der Waals surface area contributed by atoms with Crippen LogP contribution in [0.25, 0.3) is 0 Å². The second-order valence-corrected chi connectivity index (χ2v) is 3.82. The van der Waals surface area contributed by atoms with Crippen molar-refractivity contribution >= 4 is 5.78 Å². The molecular formula is C9H14O2. The molecule has 2 fully saturated rings. The first-order valence-electron chi connectivity index (χ1n) is 4.50. The summed E-state index contributed by atoms with van der Waals surface area (Å²) in [5, 5.41) is 9.44. The highest BCUT2D eigenvalue weighted by atomic mass is 16.3. The molecule has 0 bridgehead atoms. The highest BCUT2D eigenvalue weighted by Crippen LogP contribution is 2.40.